The van der Waals surface area contributed by atoms with Gasteiger partial charge in [0, 0.05) is 4.90 Å². The molecule has 1 unspecified atom stereocenters. The number of allylic oxidation sites excluding steroid dienone is 1. The normalized spacial score (nSPS) is 14.8. The third kappa shape index (κ3) is 6.01. The second-order valence-corrected chi connectivity index (χ2v) is 11.1. The zero-order valence-corrected chi connectivity index (χ0v) is 24.9. The first-order valence-electron chi connectivity index (χ1n) is 13.1. The Kier molecular flexibility index (Phi) is 8.75. The highest BCUT2D eigenvalue weighted by atomic mass is 32.2. The maximum Gasteiger partial charge on any atom is 0.338 e. The first-order chi connectivity index (χ1) is 19.9. The molecule has 4 aromatic rings. The largest absolute Gasteiger partial charge is 0.493 e. The van der Waals surface area contributed by atoms with E-state index < -0.39 is 12.0 Å². The summed E-state index contributed by atoms with van der Waals surface area (Å²) >= 11 is 2.91. The number of benzene rings is 3. The lowest BCUT2D eigenvalue weighted by Crippen LogP contribution is -2.39. The molecule has 2 heterocycles. The standard InChI is InChI=1S/C32H30N2O5S2/c1-5-38-25-16-11-22(17-26(25)37-3)18-27-30(35)34-29(23-12-14-24(40-4)15-13-23)28(20(2)33-32(34)41-27)31(36)39-19-21-9-7-6-8-10-21/h6-18,29H,5,19H2,1-4H3. The number of thioether (sulfide) groups is 1. The van der Waals surface area contributed by atoms with Gasteiger partial charge in [-0.3, -0.25) is 9.36 Å². The lowest BCUT2D eigenvalue weighted by Gasteiger charge is -2.25. The molecule has 0 bridgehead atoms. The van der Waals surface area contributed by atoms with Crippen LogP contribution in [0.1, 0.15) is 36.6 Å². The molecule has 0 N–H and O–H groups in total. The van der Waals surface area contributed by atoms with E-state index in [2.05, 4.69) is 0 Å². The van der Waals surface area contributed by atoms with E-state index in [-0.39, 0.29) is 12.2 Å². The maximum absolute atomic E-state index is 14.0. The number of ether oxygens (including phenoxy) is 3. The molecule has 9 heteroatoms. The number of carbonyl (C=O) groups is 1. The summed E-state index contributed by atoms with van der Waals surface area (Å²) in [5.41, 5.74) is 3.11. The van der Waals surface area contributed by atoms with Crippen molar-refractivity contribution < 1.29 is 19.0 Å². The molecule has 1 aliphatic rings. The molecule has 5 rings (SSSR count). The third-order valence-electron chi connectivity index (χ3n) is 6.67. The average Bonchev–Trinajstić information content (AvgIpc) is 3.30. The van der Waals surface area contributed by atoms with Crippen LogP contribution in [-0.2, 0) is 16.1 Å². The summed E-state index contributed by atoms with van der Waals surface area (Å²) in [5.74, 6) is 0.718. The number of nitrogens with zero attached hydrogens (tertiary/aromatic N) is 2. The van der Waals surface area contributed by atoms with Gasteiger partial charge < -0.3 is 14.2 Å². The average molecular weight is 587 g/mol. The second-order valence-electron chi connectivity index (χ2n) is 9.26. The molecule has 0 radical (unpaired) electrons. The summed E-state index contributed by atoms with van der Waals surface area (Å²) in [6.45, 7) is 4.34. The van der Waals surface area contributed by atoms with Crippen LogP contribution in [0.5, 0.6) is 11.5 Å². The predicted molar refractivity (Wildman–Crippen MR) is 162 cm³/mol. The zero-order valence-electron chi connectivity index (χ0n) is 23.2. The van der Waals surface area contributed by atoms with E-state index in [0.29, 0.717) is 38.7 Å². The van der Waals surface area contributed by atoms with Gasteiger partial charge >= 0.3 is 5.97 Å². The van der Waals surface area contributed by atoms with E-state index >= 15 is 0 Å². The molecule has 1 aliphatic heterocycles. The van der Waals surface area contributed by atoms with Gasteiger partial charge in [0.15, 0.2) is 16.3 Å². The highest BCUT2D eigenvalue weighted by molar-refractivity contribution is 7.98. The number of aromatic nitrogens is 1. The SMILES string of the molecule is CCOc1ccc(C=c2sc3n(c2=O)C(c2ccc(SC)cc2)C(C(=O)OCc2ccccc2)=C(C)N=3)cc1OC. The zero-order chi connectivity index (χ0) is 28.9. The van der Waals surface area contributed by atoms with Crippen molar-refractivity contribution in [3.8, 4) is 11.5 Å². The number of fused-ring (bicyclic) bond motifs is 1. The second kappa shape index (κ2) is 12.6. The Morgan fingerprint density at radius 3 is 2.51 bits per heavy atom. The first-order valence-corrected chi connectivity index (χ1v) is 15.2. The molecule has 0 saturated carbocycles. The highest BCUT2D eigenvalue weighted by Gasteiger charge is 2.33. The fourth-order valence-electron chi connectivity index (χ4n) is 4.69. The van der Waals surface area contributed by atoms with Gasteiger partial charge in [-0.15, -0.1) is 11.8 Å². The number of carbonyl (C=O) groups excluding carboxylic acids is 1. The molecule has 1 atom stereocenters. The number of rotatable bonds is 9. The quantitative estimate of drug-likeness (QED) is 0.200. The van der Waals surface area contributed by atoms with Gasteiger partial charge in [0.25, 0.3) is 5.56 Å². The van der Waals surface area contributed by atoms with Crippen molar-refractivity contribution in [2.75, 3.05) is 20.0 Å². The molecule has 7 nitrogen and oxygen atoms in total. The van der Waals surface area contributed by atoms with E-state index in [1.54, 1.807) is 30.4 Å². The molecule has 1 aromatic heterocycles. The lowest BCUT2D eigenvalue weighted by atomic mass is 9.96. The number of hydrogen-bond acceptors (Lipinski definition) is 8. The molecule has 3 aromatic carbocycles. The van der Waals surface area contributed by atoms with Crippen molar-refractivity contribution in [3.05, 3.63) is 120 Å². The number of thiazole rings is 1. The Morgan fingerprint density at radius 2 is 1.83 bits per heavy atom. The minimum absolute atomic E-state index is 0.124. The summed E-state index contributed by atoms with van der Waals surface area (Å²) < 4.78 is 19.0. The molecule has 0 aliphatic carbocycles. The van der Waals surface area contributed by atoms with Crippen LogP contribution in [0.3, 0.4) is 0 Å². The van der Waals surface area contributed by atoms with Crippen LogP contribution >= 0.6 is 23.1 Å². The molecule has 41 heavy (non-hydrogen) atoms. The smallest absolute Gasteiger partial charge is 0.338 e. The monoisotopic (exact) mass is 586 g/mol. The summed E-state index contributed by atoms with van der Waals surface area (Å²) in [6.07, 6.45) is 3.81. The number of esters is 1. The molecular formula is C32H30N2O5S2. The van der Waals surface area contributed by atoms with Crippen LogP contribution in [-0.4, -0.2) is 30.5 Å². The minimum Gasteiger partial charge on any atom is -0.493 e. The van der Waals surface area contributed by atoms with E-state index in [1.807, 2.05) is 92.1 Å². The summed E-state index contributed by atoms with van der Waals surface area (Å²) in [7, 11) is 1.58. The number of methoxy groups -OCH3 is 1. The summed E-state index contributed by atoms with van der Waals surface area (Å²) in [5, 5.41) is 0. The van der Waals surface area contributed by atoms with Gasteiger partial charge in [-0.05, 0) is 67.1 Å². The van der Waals surface area contributed by atoms with Crippen molar-refractivity contribution in [2.24, 2.45) is 4.99 Å². The van der Waals surface area contributed by atoms with Gasteiger partial charge in [-0.2, -0.15) is 0 Å². The van der Waals surface area contributed by atoms with Crippen molar-refractivity contribution >= 4 is 35.1 Å². The van der Waals surface area contributed by atoms with Crippen LogP contribution in [0.25, 0.3) is 6.08 Å². The maximum atomic E-state index is 14.0. The van der Waals surface area contributed by atoms with Crippen LogP contribution in [0, 0.1) is 0 Å². The molecule has 0 amide bonds. The minimum atomic E-state index is -0.678. The molecule has 0 saturated heterocycles. The van der Waals surface area contributed by atoms with Crippen molar-refractivity contribution in [1.29, 1.82) is 0 Å². The Balaban J connectivity index is 1.60. The summed E-state index contributed by atoms with van der Waals surface area (Å²) in [4.78, 5) is 33.8. The Hall–Kier alpha value is -4.08. The number of hydrogen-bond donors (Lipinski definition) is 0. The molecular weight excluding hydrogens is 556 g/mol. The molecule has 0 fully saturated rings. The van der Waals surface area contributed by atoms with Crippen LogP contribution in [0.15, 0.2) is 98.7 Å². The van der Waals surface area contributed by atoms with E-state index in [1.165, 1.54) is 11.3 Å². The molecule has 210 valence electrons. The predicted octanol–water partition coefficient (Wildman–Crippen LogP) is 5.11. The van der Waals surface area contributed by atoms with Crippen LogP contribution < -0.4 is 24.4 Å². The van der Waals surface area contributed by atoms with Gasteiger partial charge in [0.2, 0.25) is 0 Å². The van der Waals surface area contributed by atoms with Crippen molar-refractivity contribution in [3.63, 3.8) is 0 Å². The fraction of sp³-hybridized carbons (Fsp3) is 0.219. The van der Waals surface area contributed by atoms with Crippen molar-refractivity contribution in [1.82, 2.24) is 4.57 Å². The van der Waals surface area contributed by atoms with Gasteiger partial charge in [0.05, 0.1) is 35.6 Å². The summed E-state index contributed by atoms with van der Waals surface area (Å²) in [6, 6.07) is 22.3. The van der Waals surface area contributed by atoms with E-state index in [0.717, 1.165) is 21.6 Å². The van der Waals surface area contributed by atoms with E-state index in [9.17, 15) is 9.59 Å². The Labute approximate surface area is 246 Å². The van der Waals surface area contributed by atoms with Gasteiger partial charge in [-0.25, -0.2) is 9.79 Å². The topological polar surface area (TPSA) is 79.1 Å². The van der Waals surface area contributed by atoms with Gasteiger partial charge in [-0.1, -0.05) is 59.9 Å². The fourth-order valence-corrected chi connectivity index (χ4v) is 6.14. The lowest BCUT2D eigenvalue weighted by molar-refractivity contribution is -0.140. The van der Waals surface area contributed by atoms with Crippen LogP contribution in [0.2, 0.25) is 0 Å². The Morgan fingerprint density at radius 1 is 1.07 bits per heavy atom. The van der Waals surface area contributed by atoms with E-state index in [4.69, 9.17) is 19.2 Å². The van der Waals surface area contributed by atoms with Gasteiger partial charge in [0.1, 0.15) is 6.61 Å². The first kappa shape index (κ1) is 28.4. The molecule has 0 spiro atoms. The highest BCUT2D eigenvalue weighted by Crippen LogP contribution is 2.32. The third-order valence-corrected chi connectivity index (χ3v) is 8.40. The Bertz CT molecular complexity index is 1770. The van der Waals surface area contributed by atoms with Crippen LogP contribution in [0.4, 0.5) is 0 Å². The van der Waals surface area contributed by atoms with Crippen molar-refractivity contribution in [2.45, 2.75) is 31.4 Å².